The van der Waals surface area contributed by atoms with E-state index in [2.05, 4.69) is 0 Å². The summed E-state index contributed by atoms with van der Waals surface area (Å²) in [4.78, 5) is 0. The summed E-state index contributed by atoms with van der Waals surface area (Å²) in [6.07, 6.45) is 0. The van der Waals surface area contributed by atoms with Crippen LogP contribution in [0.2, 0.25) is 0 Å². The molecule has 11 radical (unpaired) electrons. The summed E-state index contributed by atoms with van der Waals surface area (Å²) in [5, 5.41) is 0. The molecule has 0 nitrogen and oxygen atoms in total. The third-order valence-corrected chi connectivity index (χ3v) is 0. The molecule has 0 fully saturated rings. The van der Waals surface area contributed by atoms with E-state index in [1.165, 1.54) is 0 Å². The first-order chi connectivity index (χ1) is 2.00. The first-order valence-electron chi connectivity index (χ1n) is 2.00. The van der Waals surface area contributed by atoms with Crippen LogP contribution in [0.3, 0.4) is 0 Å². The predicted octanol–water partition coefficient (Wildman–Crippen LogP) is 3.37. The second-order valence-corrected chi connectivity index (χ2v) is 0. The number of rotatable bonds is 0. The van der Waals surface area contributed by atoms with Crippen LogP contribution in [0.5, 0.6) is 0 Å². The summed E-state index contributed by atoms with van der Waals surface area (Å²) in [6, 6.07) is 0. The van der Waals surface area contributed by atoms with Crippen LogP contribution < -0.4 is 0 Å². The average molecular weight is 1170 g/mol. The quantitative estimate of drug-likeness (QED) is 0.327. The molecule has 12 heteroatoms. The fourth-order valence-corrected chi connectivity index (χ4v) is 0. The Balaban J connectivity index is -0.000000000157. The van der Waals surface area contributed by atoms with E-state index in [0.717, 1.165) is 0 Å². The van der Waals surface area contributed by atoms with E-state index in [1.54, 1.807) is 0 Å². The Morgan fingerprint density at radius 1 is 0.263 bits per heavy atom. The third-order valence-electron chi connectivity index (χ3n) is 0. The molecule has 0 aliphatic rings. The van der Waals surface area contributed by atoms with Crippen molar-refractivity contribution in [1.82, 2.24) is 0 Å². The van der Waals surface area contributed by atoms with E-state index in [-0.39, 0.29) is 415 Å². The SMILES string of the molecule is CC.CC.[CH3-].[CH3-].[CH3-].[Y+3].[Y].[Y].[Y].[Y].[Y].[Y].[Y].[Y].[Y].[Y].[Y]. The summed E-state index contributed by atoms with van der Waals surface area (Å²) >= 11 is 0. The molecule has 0 amide bonds. The van der Waals surface area contributed by atoms with Gasteiger partial charge in [0.15, 0.2) is 0 Å². The zero-order valence-electron chi connectivity index (χ0n) is 13.9. The molecule has 0 unspecified atom stereocenters. The topological polar surface area (TPSA) is 0 Å². The van der Waals surface area contributed by atoms with Gasteiger partial charge in [0.05, 0.1) is 0 Å². The van der Waals surface area contributed by atoms with E-state index in [1.807, 2.05) is 27.7 Å². The molecule has 0 aromatic rings. The van der Waals surface area contributed by atoms with Gasteiger partial charge in [-0.25, -0.2) is 0 Å². The van der Waals surface area contributed by atoms with Gasteiger partial charge in [-0.2, -0.15) is 0 Å². The van der Waals surface area contributed by atoms with E-state index in [0.29, 0.717) is 0 Å². The normalized spacial score (nSPS) is 0.632. The minimum atomic E-state index is 0. The smallest absolute Gasteiger partial charge is 0.358 e. The maximum Gasteiger partial charge on any atom is 3.00 e. The van der Waals surface area contributed by atoms with Crippen LogP contribution in [-0.4, -0.2) is 0 Å². The molecular formula is C7H21Y12. The summed E-state index contributed by atoms with van der Waals surface area (Å²) < 4.78 is 0. The monoisotopic (exact) mass is 1170 g/mol. The van der Waals surface area contributed by atoms with Gasteiger partial charge in [0.2, 0.25) is 0 Å². The molecule has 0 saturated carbocycles. The Morgan fingerprint density at radius 3 is 0.263 bits per heavy atom. The molecular weight excluding hydrogens is 1150 g/mol. The van der Waals surface area contributed by atoms with Gasteiger partial charge in [0.25, 0.3) is 0 Å². The van der Waals surface area contributed by atoms with Gasteiger partial charge in [-0.3, -0.25) is 0 Å². The van der Waals surface area contributed by atoms with E-state index in [9.17, 15) is 0 Å². The Labute approximate surface area is 428 Å². The maximum atomic E-state index is 2.00. The van der Waals surface area contributed by atoms with Crippen molar-refractivity contribution in [3.8, 4) is 0 Å². The second kappa shape index (κ2) is 163. The summed E-state index contributed by atoms with van der Waals surface area (Å²) in [5.74, 6) is 0. The molecule has 19 heavy (non-hydrogen) atoms. The maximum absolute atomic E-state index is 2.00. The van der Waals surface area contributed by atoms with Gasteiger partial charge in [0.1, 0.15) is 0 Å². The molecule has 0 heterocycles. The van der Waals surface area contributed by atoms with Crippen LogP contribution in [0.4, 0.5) is 0 Å². The standard InChI is InChI=1S/2C2H6.3CH3.12Y/c2*1-2;;;;;;;;;;;;;;;/h2*1-2H3;3*1H3;;;;;;;;;;;;/q;;3*-1;;;;;;;;;;;;+3. The first kappa shape index (κ1) is 135. The van der Waals surface area contributed by atoms with Gasteiger partial charge in [-0.05, 0) is 0 Å². The predicted molar refractivity (Wildman–Crippen MR) is 41.9 cm³/mol. The van der Waals surface area contributed by atoms with Crippen LogP contribution in [-0.2, 0) is 393 Å². The fourth-order valence-electron chi connectivity index (χ4n) is 0. The van der Waals surface area contributed by atoms with E-state index >= 15 is 0 Å². The average Bonchev–Trinajstić information content (AvgIpc) is 1.50. The Kier molecular flexibility index (Phi) is 1160. The largest absolute Gasteiger partial charge is 3.00 e. The van der Waals surface area contributed by atoms with Crippen LogP contribution in [0.15, 0.2) is 0 Å². The summed E-state index contributed by atoms with van der Waals surface area (Å²) in [6.45, 7) is 8.00. The summed E-state index contributed by atoms with van der Waals surface area (Å²) in [7, 11) is 0. The van der Waals surface area contributed by atoms with Crippen molar-refractivity contribution in [2.24, 2.45) is 0 Å². The molecule has 0 N–H and O–H groups in total. The molecule has 0 aromatic carbocycles. The van der Waals surface area contributed by atoms with Crippen LogP contribution in [0, 0.1) is 22.3 Å². The van der Waals surface area contributed by atoms with Gasteiger partial charge >= 0.3 is 32.7 Å². The van der Waals surface area contributed by atoms with Crippen molar-refractivity contribution < 1.29 is 393 Å². The molecule has 0 aromatic heterocycles. The fraction of sp³-hybridized carbons (Fsp3) is 0.571. The molecule has 0 aliphatic carbocycles. The van der Waals surface area contributed by atoms with Crippen LogP contribution in [0.25, 0.3) is 0 Å². The van der Waals surface area contributed by atoms with Crippen LogP contribution >= 0.6 is 0 Å². The zero-order chi connectivity index (χ0) is 4.00. The van der Waals surface area contributed by atoms with Gasteiger partial charge < -0.3 is 22.3 Å². The van der Waals surface area contributed by atoms with E-state index in [4.69, 9.17) is 0 Å². The van der Waals surface area contributed by atoms with Crippen molar-refractivity contribution in [1.29, 1.82) is 0 Å². The minimum absolute atomic E-state index is 0. The Morgan fingerprint density at radius 2 is 0.263 bits per heavy atom. The Bertz CT molecular complexity index is 18.0. The van der Waals surface area contributed by atoms with Crippen molar-refractivity contribution >= 4 is 0 Å². The van der Waals surface area contributed by atoms with Crippen molar-refractivity contribution in [3.05, 3.63) is 22.3 Å². The zero-order valence-corrected chi connectivity index (χ0v) is 48.0. The molecule has 0 aliphatic heterocycles. The van der Waals surface area contributed by atoms with Crippen LogP contribution in [0.1, 0.15) is 27.7 Å². The molecule has 0 bridgehead atoms. The summed E-state index contributed by atoms with van der Waals surface area (Å²) in [5.41, 5.74) is 0. The Hall–Kier alpha value is 13.2. The first-order valence-corrected chi connectivity index (χ1v) is 2.00. The molecule has 0 saturated heterocycles. The van der Waals surface area contributed by atoms with Gasteiger partial charge in [-0.1, -0.05) is 27.7 Å². The third kappa shape index (κ3) is 152. The molecule has 0 spiro atoms. The van der Waals surface area contributed by atoms with Crippen molar-refractivity contribution in [2.45, 2.75) is 27.7 Å². The molecule has 0 rings (SSSR count). The second-order valence-electron chi connectivity index (χ2n) is 0. The van der Waals surface area contributed by atoms with E-state index < -0.39 is 0 Å². The molecule has 85 valence electrons. The number of hydrogen-bond donors (Lipinski definition) is 0. The van der Waals surface area contributed by atoms with Gasteiger partial charge in [-0.15, -0.1) is 0 Å². The van der Waals surface area contributed by atoms with Gasteiger partial charge in [0, 0.05) is 360 Å². The van der Waals surface area contributed by atoms with Crippen molar-refractivity contribution in [3.63, 3.8) is 0 Å². The van der Waals surface area contributed by atoms with Crippen molar-refractivity contribution in [2.75, 3.05) is 0 Å². The molecule has 0 atom stereocenters. The number of hydrogen-bond acceptors (Lipinski definition) is 0. The minimum Gasteiger partial charge on any atom is -0.358 e.